The molecule has 1 aromatic rings. The standard InChI is InChI=1S/C13H16N2S/c14-8-10-2-1-3-12(10)15-6-4-13-11(9-15)5-7-16-13/h5,7,10,12H,1-4,6,9H2. The second kappa shape index (κ2) is 4.20. The van der Waals surface area contributed by atoms with E-state index in [0.29, 0.717) is 6.04 Å². The molecule has 2 heterocycles. The molecular formula is C13H16N2S. The summed E-state index contributed by atoms with van der Waals surface area (Å²) in [6.07, 6.45) is 4.74. The van der Waals surface area contributed by atoms with Crippen LogP contribution in [0.25, 0.3) is 0 Å². The van der Waals surface area contributed by atoms with Gasteiger partial charge in [0, 0.05) is 24.0 Å². The van der Waals surface area contributed by atoms with Crippen LogP contribution < -0.4 is 0 Å². The number of hydrogen-bond donors (Lipinski definition) is 0. The summed E-state index contributed by atoms with van der Waals surface area (Å²) in [5.74, 6) is 0.278. The van der Waals surface area contributed by atoms with Crippen molar-refractivity contribution in [2.24, 2.45) is 5.92 Å². The Kier molecular flexibility index (Phi) is 2.70. The van der Waals surface area contributed by atoms with Gasteiger partial charge in [0.15, 0.2) is 0 Å². The highest BCUT2D eigenvalue weighted by Crippen LogP contribution is 2.33. The molecule has 2 aliphatic rings. The van der Waals surface area contributed by atoms with Crippen LogP contribution in [0.3, 0.4) is 0 Å². The van der Waals surface area contributed by atoms with Crippen LogP contribution in [0.5, 0.6) is 0 Å². The maximum Gasteiger partial charge on any atom is 0.0672 e. The van der Waals surface area contributed by atoms with E-state index < -0.39 is 0 Å². The molecule has 2 unspecified atom stereocenters. The third-order valence-electron chi connectivity index (χ3n) is 3.95. The van der Waals surface area contributed by atoms with E-state index in [1.165, 1.54) is 24.8 Å². The highest BCUT2D eigenvalue weighted by atomic mass is 32.1. The number of nitriles is 1. The Morgan fingerprint density at radius 3 is 3.25 bits per heavy atom. The zero-order valence-corrected chi connectivity index (χ0v) is 10.2. The predicted octanol–water partition coefficient (Wildman–Crippen LogP) is 2.80. The lowest BCUT2D eigenvalue weighted by atomic mass is 10.0. The molecule has 1 aliphatic heterocycles. The van der Waals surface area contributed by atoms with Gasteiger partial charge in [0.2, 0.25) is 0 Å². The fourth-order valence-corrected chi connectivity index (χ4v) is 3.97. The van der Waals surface area contributed by atoms with Crippen LogP contribution in [0.4, 0.5) is 0 Å². The first-order valence-corrected chi connectivity index (χ1v) is 6.95. The van der Waals surface area contributed by atoms with Crippen molar-refractivity contribution >= 4 is 11.3 Å². The highest BCUT2D eigenvalue weighted by molar-refractivity contribution is 7.10. The van der Waals surface area contributed by atoms with Crippen LogP contribution >= 0.6 is 11.3 Å². The Hall–Kier alpha value is -0.850. The molecule has 3 rings (SSSR count). The van der Waals surface area contributed by atoms with Crippen LogP contribution in [-0.4, -0.2) is 17.5 Å². The van der Waals surface area contributed by atoms with Crippen LogP contribution in [-0.2, 0) is 13.0 Å². The van der Waals surface area contributed by atoms with Gasteiger partial charge in [0.05, 0.1) is 12.0 Å². The van der Waals surface area contributed by atoms with Gasteiger partial charge in [-0.25, -0.2) is 0 Å². The Balaban J connectivity index is 1.76. The number of rotatable bonds is 1. The number of fused-ring (bicyclic) bond motifs is 1. The topological polar surface area (TPSA) is 27.0 Å². The zero-order valence-electron chi connectivity index (χ0n) is 9.35. The minimum absolute atomic E-state index is 0.278. The first kappa shape index (κ1) is 10.3. The van der Waals surface area contributed by atoms with Crippen LogP contribution in [0.1, 0.15) is 29.7 Å². The summed E-state index contributed by atoms with van der Waals surface area (Å²) in [5.41, 5.74) is 1.50. The van der Waals surface area contributed by atoms with Gasteiger partial charge in [0.1, 0.15) is 0 Å². The van der Waals surface area contributed by atoms with Crippen molar-refractivity contribution in [3.05, 3.63) is 21.9 Å². The molecule has 1 aromatic heterocycles. The second-order valence-electron chi connectivity index (χ2n) is 4.82. The minimum Gasteiger partial charge on any atom is -0.294 e. The van der Waals surface area contributed by atoms with Gasteiger partial charge in [0.25, 0.3) is 0 Å². The van der Waals surface area contributed by atoms with E-state index in [1.807, 2.05) is 11.3 Å². The van der Waals surface area contributed by atoms with Gasteiger partial charge in [-0.05, 0) is 36.3 Å². The van der Waals surface area contributed by atoms with Gasteiger partial charge in [-0.1, -0.05) is 6.42 Å². The summed E-state index contributed by atoms with van der Waals surface area (Å²) >= 11 is 1.88. The van der Waals surface area contributed by atoms with E-state index in [-0.39, 0.29) is 5.92 Å². The lowest BCUT2D eigenvalue weighted by Crippen LogP contribution is -2.40. The molecule has 0 radical (unpaired) electrons. The van der Waals surface area contributed by atoms with Crippen molar-refractivity contribution in [1.82, 2.24) is 4.90 Å². The van der Waals surface area contributed by atoms with Crippen molar-refractivity contribution in [1.29, 1.82) is 5.26 Å². The number of thiophene rings is 1. The van der Waals surface area contributed by atoms with Crippen molar-refractivity contribution < 1.29 is 0 Å². The summed E-state index contributed by atoms with van der Waals surface area (Å²) in [6.45, 7) is 2.22. The van der Waals surface area contributed by atoms with E-state index in [9.17, 15) is 0 Å². The lowest BCUT2D eigenvalue weighted by Gasteiger charge is -2.33. The molecular weight excluding hydrogens is 216 g/mol. The van der Waals surface area contributed by atoms with Gasteiger partial charge >= 0.3 is 0 Å². The molecule has 1 fully saturated rings. The van der Waals surface area contributed by atoms with Crippen molar-refractivity contribution in [2.45, 2.75) is 38.3 Å². The van der Waals surface area contributed by atoms with Crippen molar-refractivity contribution in [3.63, 3.8) is 0 Å². The lowest BCUT2D eigenvalue weighted by molar-refractivity contribution is 0.162. The van der Waals surface area contributed by atoms with Crippen molar-refractivity contribution in [3.8, 4) is 6.07 Å². The molecule has 0 amide bonds. The molecule has 16 heavy (non-hydrogen) atoms. The molecule has 2 nitrogen and oxygen atoms in total. The first-order valence-electron chi connectivity index (χ1n) is 6.07. The SMILES string of the molecule is N#CC1CCCC1N1CCc2sccc2C1. The number of hydrogen-bond acceptors (Lipinski definition) is 3. The van der Waals surface area contributed by atoms with Crippen LogP contribution in [0.15, 0.2) is 11.4 Å². The summed E-state index contributed by atoms with van der Waals surface area (Å²) in [5, 5.41) is 11.3. The van der Waals surface area contributed by atoms with E-state index in [4.69, 9.17) is 5.26 Å². The average Bonchev–Trinajstić information content (AvgIpc) is 2.96. The maximum atomic E-state index is 9.15. The molecule has 84 valence electrons. The largest absolute Gasteiger partial charge is 0.294 e. The second-order valence-corrected chi connectivity index (χ2v) is 5.82. The smallest absolute Gasteiger partial charge is 0.0672 e. The Labute approximate surface area is 100 Å². The molecule has 1 aliphatic carbocycles. The highest BCUT2D eigenvalue weighted by Gasteiger charge is 2.33. The Morgan fingerprint density at radius 1 is 1.44 bits per heavy atom. The molecule has 0 spiro atoms. The monoisotopic (exact) mass is 232 g/mol. The van der Waals surface area contributed by atoms with E-state index in [0.717, 1.165) is 19.5 Å². The summed E-state index contributed by atoms with van der Waals surface area (Å²) in [6, 6.07) is 5.27. The first-order chi connectivity index (χ1) is 7.88. The summed E-state index contributed by atoms with van der Waals surface area (Å²) in [7, 11) is 0. The van der Waals surface area contributed by atoms with E-state index in [1.54, 1.807) is 4.88 Å². The zero-order chi connectivity index (χ0) is 11.0. The normalized spacial score (nSPS) is 29.9. The van der Waals surface area contributed by atoms with Crippen molar-refractivity contribution in [2.75, 3.05) is 6.54 Å². The van der Waals surface area contributed by atoms with E-state index >= 15 is 0 Å². The van der Waals surface area contributed by atoms with Gasteiger partial charge < -0.3 is 0 Å². The molecule has 0 N–H and O–H groups in total. The van der Waals surface area contributed by atoms with E-state index in [2.05, 4.69) is 22.4 Å². The molecule has 0 aromatic carbocycles. The summed E-state index contributed by atoms with van der Waals surface area (Å²) in [4.78, 5) is 4.10. The van der Waals surface area contributed by atoms with Crippen LogP contribution in [0, 0.1) is 17.2 Å². The Bertz CT molecular complexity index is 418. The predicted molar refractivity (Wildman–Crippen MR) is 65.2 cm³/mol. The van der Waals surface area contributed by atoms with Gasteiger partial charge in [-0.2, -0.15) is 5.26 Å². The summed E-state index contributed by atoms with van der Waals surface area (Å²) < 4.78 is 0. The quantitative estimate of drug-likeness (QED) is 0.744. The Morgan fingerprint density at radius 2 is 2.38 bits per heavy atom. The fourth-order valence-electron chi connectivity index (χ4n) is 3.08. The molecule has 2 atom stereocenters. The van der Waals surface area contributed by atoms with Crippen LogP contribution in [0.2, 0.25) is 0 Å². The molecule has 1 saturated carbocycles. The van der Waals surface area contributed by atoms with Gasteiger partial charge in [-0.3, -0.25) is 4.90 Å². The number of nitrogens with zero attached hydrogens (tertiary/aromatic N) is 2. The maximum absolute atomic E-state index is 9.15. The average molecular weight is 232 g/mol. The van der Waals surface area contributed by atoms with Gasteiger partial charge in [-0.15, -0.1) is 11.3 Å². The third kappa shape index (κ3) is 1.66. The fraction of sp³-hybridized carbons (Fsp3) is 0.615. The molecule has 3 heteroatoms. The molecule has 0 bridgehead atoms. The minimum atomic E-state index is 0.278. The third-order valence-corrected chi connectivity index (χ3v) is 4.97. The molecule has 0 saturated heterocycles.